The maximum Gasteiger partial charge on any atom is 0.333 e. The topological polar surface area (TPSA) is 57.5 Å². The molecule has 1 aromatic carbocycles. The zero-order chi connectivity index (χ0) is 11.8. The number of hydrogen-bond donors (Lipinski definition) is 2. The summed E-state index contributed by atoms with van der Waals surface area (Å²) in [6, 6.07) is 7.19. The first-order valence-corrected chi connectivity index (χ1v) is 5.09. The first kappa shape index (κ1) is 10.7. The van der Waals surface area contributed by atoms with Crippen LogP contribution in [0.15, 0.2) is 24.3 Å². The summed E-state index contributed by atoms with van der Waals surface area (Å²) >= 11 is 0. The second-order valence-electron chi connectivity index (χ2n) is 4.09. The SMILES string of the molecule is C#Cc1ccccc1C1(C(O)C(=O)O)CC1. The number of aliphatic hydroxyl groups excluding tert-OH is 1. The van der Waals surface area contributed by atoms with Crippen molar-refractivity contribution >= 4 is 5.97 Å². The minimum absolute atomic E-state index is 0.666. The number of hydrogen-bond acceptors (Lipinski definition) is 2. The van der Waals surface area contributed by atoms with Crippen LogP contribution in [0.3, 0.4) is 0 Å². The lowest BCUT2D eigenvalue weighted by molar-refractivity contribution is -0.148. The second-order valence-corrected chi connectivity index (χ2v) is 4.09. The maximum atomic E-state index is 10.9. The van der Waals surface area contributed by atoms with Crippen LogP contribution < -0.4 is 0 Å². The molecule has 0 bridgehead atoms. The van der Waals surface area contributed by atoms with Gasteiger partial charge in [-0.3, -0.25) is 0 Å². The third kappa shape index (κ3) is 1.48. The van der Waals surface area contributed by atoms with Crippen molar-refractivity contribution in [3.63, 3.8) is 0 Å². The molecule has 0 spiro atoms. The minimum Gasteiger partial charge on any atom is -0.479 e. The van der Waals surface area contributed by atoms with Crippen molar-refractivity contribution in [2.75, 3.05) is 0 Å². The molecule has 2 rings (SSSR count). The summed E-state index contributed by atoms with van der Waals surface area (Å²) in [5, 5.41) is 18.6. The number of terminal acetylenes is 1. The molecule has 1 unspecified atom stereocenters. The van der Waals surface area contributed by atoms with Crippen LogP contribution in [-0.4, -0.2) is 22.3 Å². The van der Waals surface area contributed by atoms with Crippen molar-refractivity contribution in [3.8, 4) is 12.3 Å². The van der Waals surface area contributed by atoms with E-state index in [1.807, 2.05) is 12.1 Å². The van der Waals surface area contributed by atoms with E-state index < -0.39 is 17.5 Å². The van der Waals surface area contributed by atoms with Crippen molar-refractivity contribution in [3.05, 3.63) is 35.4 Å². The highest BCUT2D eigenvalue weighted by Crippen LogP contribution is 2.52. The predicted molar refractivity (Wildman–Crippen MR) is 58.9 cm³/mol. The molecular formula is C13H12O3. The maximum absolute atomic E-state index is 10.9. The third-order valence-corrected chi connectivity index (χ3v) is 3.16. The third-order valence-electron chi connectivity index (χ3n) is 3.16. The average molecular weight is 216 g/mol. The molecule has 3 nitrogen and oxygen atoms in total. The molecule has 2 N–H and O–H groups in total. The Morgan fingerprint density at radius 2 is 2.06 bits per heavy atom. The fraction of sp³-hybridized carbons (Fsp3) is 0.308. The van der Waals surface area contributed by atoms with Gasteiger partial charge in [0.1, 0.15) is 0 Å². The van der Waals surface area contributed by atoms with Gasteiger partial charge in [0.2, 0.25) is 0 Å². The summed E-state index contributed by atoms with van der Waals surface area (Å²) in [5.74, 6) is 1.34. The second kappa shape index (κ2) is 3.66. The summed E-state index contributed by atoms with van der Waals surface area (Å²) in [4.78, 5) is 10.9. The van der Waals surface area contributed by atoms with Gasteiger partial charge in [-0.25, -0.2) is 4.79 Å². The first-order valence-electron chi connectivity index (χ1n) is 5.09. The summed E-state index contributed by atoms with van der Waals surface area (Å²) < 4.78 is 0. The van der Waals surface area contributed by atoms with Gasteiger partial charge in [-0.05, 0) is 24.5 Å². The van der Waals surface area contributed by atoms with Gasteiger partial charge in [-0.1, -0.05) is 24.1 Å². The monoisotopic (exact) mass is 216 g/mol. The fourth-order valence-electron chi connectivity index (χ4n) is 2.10. The van der Waals surface area contributed by atoms with E-state index in [1.165, 1.54) is 0 Å². The highest BCUT2D eigenvalue weighted by atomic mass is 16.4. The quantitative estimate of drug-likeness (QED) is 0.745. The van der Waals surface area contributed by atoms with Crippen molar-refractivity contribution in [2.24, 2.45) is 0 Å². The van der Waals surface area contributed by atoms with Gasteiger partial charge in [-0.15, -0.1) is 6.42 Å². The Hall–Kier alpha value is -1.79. The van der Waals surface area contributed by atoms with Crippen LogP contribution in [0.2, 0.25) is 0 Å². The molecule has 0 saturated heterocycles. The highest BCUT2D eigenvalue weighted by molar-refractivity contribution is 5.76. The molecule has 1 aliphatic rings. The molecule has 1 atom stereocenters. The van der Waals surface area contributed by atoms with Crippen LogP contribution in [-0.2, 0) is 10.2 Å². The first-order chi connectivity index (χ1) is 7.62. The Kier molecular flexibility index (Phi) is 2.45. The Morgan fingerprint density at radius 3 is 2.56 bits per heavy atom. The van der Waals surface area contributed by atoms with Gasteiger partial charge in [0, 0.05) is 11.0 Å². The number of carbonyl (C=O) groups is 1. The van der Waals surface area contributed by atoms with E-state index in [2.05, 4.69) is 5.92 Å². The zero-order valence-electron chi connectivity index (χ0n) is 8.68. The molecular weight excluding hydrogens is 204 g/mol. The predicted octanol–water partition coefficient (Wildman–Crippen LogP) is 1.15. The summed E-state index contributed by atoms with van der Waals surface area (Å²) in [6.45, 7) is 0. The van der Waals surface area contributed by atoms with E-state index in [1.54, 1.807) is 12.1 Å². The molecule has 16 heavy (non-hydrogen) atoms. The summed E-state index contributed by atoms with van der Waals surface area (Å²) in [7, 11) is 0. The van der Waals surface area contributed by atoms with Gasteiger partial charge in [0.05, 0.1) is 0 Å². The molecule has 0 radical (unpaired) electrons. The van der Waals surface area contributed by atoms with E-state index in [9.17, 15) is 9.90 Å². The largest absolute Gasteiger partial charge is 0.479 e. The molecule has 3 heteroatoms. The normalized spacial score (nSPS) is 18.5. The van der Waals surface area contributed by atoms with E-state index in [0.717, 1.165) is 5.56 Å². The van der Waals surface area contributed by atoms with Crippen molar-refractivity contribution < 1.29 is 15.0 Å². The molecule has 0 aliphatic heterocycles. The van der Waals surface area contributed by atoms with E-state index in [-0.39, 0.29) is 0 Å². The molecule has 1 aromatic rings. The standard InChI is InChI=1S/C13H12O3/c1-2-9-5-3-4-6-10(9)13(7-8-13)11(14)12(15)16/h1,3-6,11,14H,7-8H2,(H,15,16). The fourth-order valence-corrected chi connectivity index (χ4v) is 2.10. The van der Waals surface area contributed by atoms with Crippen LogP contribution in [0.4, 0.5) is 0 Å². The Morgan fingerprint density at radius 1 is 1.44 bits per heavy atom. The van der Waals surface area contributed by atoms with Gasteiger partial charge in [-0.2, -0.15) is 0 Å². The summed E-state index contributed by atoms with van der Waals surface area (Å²) in [5.41, 5.74) is 0.766. The Balaban J connectivity index is 2.45. The smallest absolute Gasteiger partial charge is 0.333 e. The van der Waals surface area contributed by atoms with Crippen LogP contribution in [0.1, 0.15) is 24.0 Å². The molecule has 1 saturated carbocycles. The van der Waals surface area contributed by atoms with Gasteiger partial charge < -0.3 is 10.2 Å². The van der Waals surface area contributed by atoms with Crippen molar-refractivity contribution in [1.82, 2.24) is 0 Å². The van der Waals surface area contributed by atoms with E-state index >= 15 is 0 Å². The minimum atomic E-state index is -1.37. The van der Waals surface area contributed by atoms with E-state index in [0.29, 0.717) is 18.4 Å². The van der Waals surface area contributed by atoms with Crippen molar-refractivity contribution in [2.45, 2.75) is 24.4 Å². The van der Waals surface area contributed by atoms with Gasteiger partial charge >= 0.3 is 5.97 Å². The number of benzene rings is 1. The van der Waals surface area contributed by atoms with Crippen molar-refractivity contribution in [1.29, 1.82) is 0 Å². The molecule has 82 valence electrons. The lowest BCUT2D eigenvalue weighted by Gasteiger charge is -2.20. The zero-order valence-corrected chi connectivity index (χ0v) is 8.68. The Labute approximate surface area is 93.7 Å². The molecule has 1 aliphatic carbocycles. The van der Waals surface area contributed by atoms with Gasteiger partial charge in [0.15, 0.2) is 6.10 Å². The summed E-state index contributed by atoms with van der Waals surface area (Å²) in [6.07, 6.45) is 5.33. The number of aliphatic hydroxyl groups is 1. The van der Waals surface area contributed by atoms with Gasteiger partial charge in [0.25, 0.3) is 0 Å². The van der Waals surface area contributed by atoms with Crippen LogP contribution in [0.25, 0.3) is 0 Å². The lowest BCUT2D eigenvalue weighted by atomic mass is 9.86. The number of rotatable bonds is 3. The highest BCUT2D eigenvalue weighted by Gasteiger charge is 2.54. The van der Waals surface area contributed by atoms with Crippen LogP contribution >= 0.6 is 0 Å². The molecule has 1 fully saturated rings. The molecule has 0 heterocycles. The lowest BCUT2D eigenvalue weighted by Crippen LogP contribution is -2.34. The van der Waals surface area contributed by atoms with E-state index in [4.69, 9.17) is 11.5 Å². The molecule has 0 aromatic heterocycles. The average Bonchev–Trinajstić information content (AvgIpc) is 3.09. The van der Waals surface area contributed by atoms with Crippen LogP contribution in [0, 0.1) is 12.3 Å². The number of aliphatic carboxylic acids is 1. The molecule has 0 amide bonds. The number of carboxylic acid groups (broad SMARTS) is 1. The Bertz CT molecular complexity index is 466. The number of carboxylic acids is 1. The van der Waals surface area contributed by atoms with Crippen LogP contribution in [0.5, 0.6) is 0 Å².